The molecule has 5 aliphatic rings. The van der Waals surface area contributed by atoms with Crippen LogP contribution in [0.4, 0.5) is 0 Å². The summed E-state index contributed by atoms with van der Waals surface area (Å²) in [6, 6.07) is 3.53. The number of rotatable bonds is 9. The zero-order valence-corrected chi connectivity index (χ0v) is 32.6. The number of hydrogen-bond donors (Lipinski definition) is 1. The number of carboxylic acid groups (broad SMARTS) is 1. The van der Waals surface area contributed by atoms with E-state index in [0.717, 1.165) is 63.4 Å². The van der Waals surface area contributed by atoms with E-state index in [1.165, 1.54) is 5.57 Å². The molecule has 4 saturated carbocycles. The molecule has 0 aliphatic heterocycles. The molecule has 8 atom stereocenters. The second-order valence-electron chi connectivity index (χ2n) is 19.3. The maximum atomic E-state index is 13.9. The van der Waals surface area contributed by atoms with Gasteiger partial charge in [0.2, 0.25) is 0 Å². The summed E-state index contributed by atoms with van der Waals surface area (Å²) in [7, 11) is 1.88. The van der Waals surface area contributed by atoms with Crippen molar-refractivity contribution in [1.82, 2.24) is 9.88 Å². The van der Waals surface area contributed by atoms with Crippen LogP contribution in [-0.4, -0.2) is 58.3 Å². The molecule has 8 heteroatoms. The van der Waals surface area contributed by atoms with Crippen molar-refractivity contribution in [3.8, 4) is 0 Å². The van der Waals surface area contributed by atoms with Crippen LogP contribution in [0.2, 0.25) is 0 Å². The predicted molar refractivity (Wildman–Crippen MR) is 197 cm³/mol. The number of carbonyl (C=O) groups is 4. The highest BCUT2D eigenvalue weighted by atomic mass is 16.5. The molecule has 0 spiro atoms. The summed E-state index contributed by atoms with van der Waals surface area (Å²) in [6.45, 7) is 17.8. The Bertz CT molecular complexity index is 1600. The van der Waals surface area contributed by atoms with Crippen molar-refractivity contribution in [2.45, 2.75) is 132 Å². The van der Waals surface area contributed by atoms with E-state index in [1.807, 2.05) is 11.9 Å². The van der Waals surface area contributed by atoms with Crippen molar-refractivity contribution in [3.05, 3.63) is 41.2 Å². The largest absolute Gasteiger partial charge is 0.481 e. The number of Topliss-reactive ketones (excluding diaryl/α,β-unsaturated/α-hetero) is 1. The maximum Gasteiger partial charge on any atom is 0.309 e. The van der Waals surface area contributed by atoms with Gasteiger partial charge in [0.05, 0.1) is 11.8 Å². The summed E-state index contributed by atoms with van der Waals surface area (Å²) in [4.78, 5) is 57.9. The van der Waals surface area contributed by atoms with Crippen molar-refractivity contribution >= 4 is 23.6 Å². The summed E-state index contributed by atoms with van der Waals surface area (Å²) >= 11 is 0. The lowest BCUT2D eigenvalue weighted by Gasteiger charge is -2.69. The van der Waals surface area contributed by atoms with Crippen molar-refractivity contribution < 1.29 is 29.0 Å². The first kappa shape index (κ1) is 37.7. The quantitative estimate of drug-likeness (QED) is 0.257. The Morgan fingerprint density at radius 2 is 1.63 bits per heavy atom. The smallest absolute Gasteiger partial charge is 0.309 e. The molecular formula is C43H62N2O6. The Labute approximate surface area is 305 Å². The number of esters is 1. The Morgan fingerprint density at radius 1 is 0.961 bits per heavy atom. The number of amides is 1. The Kier molecular flexibility index (Phi) is 9.71. The molecule has 6 rings (SSSR count). The number of hydrogen-bond acceptors (Lipinski definition) is 6. The van der Waals surface area contributed by atoms with E-state index >= 15 is 0 Å². The van der Waals surface area contributed by atoms with Gasteiger partial charge >= 0.3 is 11.9 Å². The average molecular weight is 703 g/mol. The maximum absolute atomic E-state index is 13.9. The molecule has 0 bridgehead atoms. The van der Waals surface area contributed by atoms with Crippen molar-refractivity contribution in [1.29, 1.82) is 0 Å². The number of nitrogens with zero attached hydrogens (tertiary/aromatic N) is 2. The third kappa shape index (κ3) is 6.18. The fourth-order valence-electron chi connectivity index (χ4n) is 12.8. The van der Waals surface area contributed by atoms with Crippen LogP contribution in [0.5, 0.6) is 0 Å². The van der Waals surface area contributed by atoms with Gasteiger partial charge < -0.3 is 14.7 Å². The van der Waals surface area contributed by atoms with Gasteiger partial charge in [0.15, 0.2) is 5.78 Å². The lowest BCUT2D eigenvalue weighted by Crippen LogP contribution is -2.63. The number of ether oxygens (including phenoxy) is 1. The second-order valence-corrected chi connectivity index (χ2v) is 19.3. The first-order chi connectivity index (χ1) is 23.8. The standard InChI is InChI=1S/C43H62N2O6/c1-26(2)35-30(46)24-43(20-23-45(9)37(48)27-15-21-44-22-16-27)19-12-29-28(36(35)43)10-11-32-41(29,7)17-13-31-40(5,6)33(14-18-42(31,32)8)51-34(47)25-39(3,4)38(49)50/h15-16,21-22,26,28-29,31-33H,10-14,17-20,23-25H2,1-9H3,(H,49,50). The summed E-state index contributed by atoms with van der Waals surface area (Å²) in [5, 5.41) is 9.59. The van der Waals surface area contributed by atoms with Gasteiger partial charge in [-0.3, -0.25) is 24.2 Å². The van der Waals surface area contributed by atoms with Gasteiger partial charge in [-0.1, -0.05) is 47.1 Å². The highest BCUT2D eigenvalue weighted by Crippen LogP contribution is 2.73. The molecule has 0 aromatic carbocycles. The van der Waals surface area contributed by atoms with Crippen molar-refractivity contribution in [2.24, 2.45) is 56.7 Å². The second kappa shape index (κ2) is 13.1. The van der Waals surface area contributed by atoms with E-state index in [1.54, 1.807) is 38.4 Å². The first-order valence-corrected chi connectivity index (χ1v) is 19.6. The van der Waals surface area contributed by atoms with Gasteiger partial charge in [-0.2, -0.15) is 0 Å². The van der Waals surface area contributed by atoms with E-state index in [4.69, 9.17) is 4.74 Å². The molecule has 1 aromatic heterocycles. The molecule has 1 amide bonds. The van der Waals surface area contributed by atoms with Crippen LogP contribution < -0.4 is 0 Å². The van der Waals surface area contributed by atoms with Crippen LogP contribution in [-0.2, 0) is 19.1 Å². The minimum Gasteiger partial charge on any atom is -0.481 e. The molecule has 1 heterocycles. The van der Waals surface area contributed by atoms with Crippen LogP contribution in [0.3, 0.4) is 0 Å². The third-order valence-electron chi connectivity index (χ3n) is 15.3. The number of allylic oxidation sites excluding steroid dienone is 2. The van der Waals surface area contributed by atoms with Crippen LogP contribution in [0, 0.1) is 56.7 Å². The van der Waals surface area contributed by atoms with E-state index in [2.05, 4.69) is 46.5 Å². The molecule has 0 radical (unpaired) electrons. The molecular weight excluding hydrogens is 640 g/mol. The Hall–Kier alpha value is -3.03. The minimum atomic E-state index is -1.16. The molecule has 1 N–H and O–H groups in total. The number of carboxylic acids is 1. The van der Waals surface area contributed by atoms with E-state index in [9.17, 15) is 24.3 Å². The van der Waals surface area contributed by atoms with Gasteiger partial charge in [-0.25, -0.2) is 0 Å². The molecule has 1 aromatic rings. The number of carbonyl (C=O) groups excluding carboxylic acids is 3. The zero-order valence-electron chi connectivity index (χ0n) is 32.6. The number of aliphatic carboxylic acids is 1. The van der Waals surface area contributed by atoms with Gasteiger partial charge in [-0.15, -0.1) is 0 Å². The van der Waals surface area contributed by atoms with Gasteiger partial charge in [0.1, 0.15) is 6.10 Å². The lowest BCUT2D eigenvalue weighted by atomic mass is 9.36. The van der Waals surface area contributed by atoms with Gasteiger partial charge in [0.25, 0.3) is 5.91 Å². The van der Waals surface area contributed by atoms with Crippen molar-refractivity contribution in [2.75, 3.05) is 13.6 Å². The monoisotopic (exact) mass is 702 g/mol. The van der Waals surface area contributed by atoms with Gasteiger partial charge in [0, 0.05) is 48.8 Å². The normalized spacial score (nSPS) is 35.7. The molecule has 8 nitrogen and oxygen atoms in total. The van der Waals surface area contributed by atoms with E-state index in [0.29, 0.717) is 48.0 Å². The molecule has 51 heavy (non-hydrogen) atoms. The molecule has 8 unspecified atom stereocenters. The van der Waals surface area contributed by atoms with Crippen LogP contribution in [0.25, 0.3) is 0 Å². The topological polar surface area (TPSA) is 114 Å². The summed E-state index contributed by atoms with van der Waals surface area (Å²) in [5.41, 5.74) is 1.89. The predicted octanol–water partition coefficient (Wildman–Crippen LogP) is 8.55. The highest BCUT2D eigenvalue weighted by molar-refractivity contribution is 6.00. The minimum absolute atomic E-state index is 0.00374. The van der Waals surface area contributed by atoms with Crippen LogP contribution in [0.15, 0.2) is 35.7 Å². The van der Waals surface area contributed by atoms with Crippen LogP contribution in [0.1, 0.15) is 136 Å². The number of aromatic nitrogens is 1. The average Bonchev–Trinajstić information content (AvgIpc) is 3.37. The summed E-state index contributed by atoms with van der Waals surface area (Å²) < 4.78 is 6.15. The first-order valence-electron chi connectivity index (χ1n) is 19.6. The summed E-state index contributed by atoms with van der Waals surface area (Å²) in [6.07, 6.45) is 12.7. The number of ketones is 1. The van der Waals surface area contributed by atoms with E-state index in [-0.39, 0.29) is 46.0 Å². The fourth-order valence-corrected chi connectivity index (χ4v) is 12.8. The molecule has 4 fully saturated rings. The summed E-state index contributed by atoms with van der Waals surface area (Å²) in [5.74, 6) is 0.963. The lowest BCUT2D eigenvalue weighted by molar-refractivity contribution is -0.213. The Morgan fingerprint density at radius 3 is 2.27 bits per heavy atom. The molecule has 280 valence electrons. The highest BCUT2D eigenvalue weighted by Gasteiger charge is 2.66. The SMILES string of the molecule is CC(C)C1=C2C3CCC4C(C)(CCC5C(C)(C)C(OC(=O)CC(C)(C)C(=O)O)CCC54C)C3CCC2(CCN(C)C(=O)c2ccncc2)CC1=O. The molecule has 5 aliphatic carbocycles. The third-order valence-corrected chi connectivity index (χ3v) is 15.3. The van der Waals surface area contributed by atoms with E-state index < -0.39 is 17.4 Å². The number of fused-ring (bicyclic) bond motifs is 7. The molecule has 0 saturated heterocycles. The fraction of sp³-hybridized carbons (Fsp3) is 0.744. The Balaban J connectivity index is 1.23. The van der Waals surface area contributed by atoms with Gasteiger partial charge in [-0.05, 0) is 130 Å². The number of pyridine rings is 1. The zero-order chi connectivity index (χ0) is 37.3. The van der Waals surface area contributed by atoms with Crippen LogP contribution >= 0.6 is 0 Å². The van der Waals surface area contributed by atoms with Crippen molar-refractivity contribution in [3.63, 3.8) is 0 Å².